The highest BCUT2D eigenvalue weighted by atomic mass is 32.2. The van der Waals surface area contributed by atoms with E-state index in [1.165, 1.54) is 10.6 Å². The Hall–Kier alpha value is -3.05. The molecule has 188 valence electrons. The monoisotopic (exact) mass is 500 g/mol. The number of carbonyl (C=O) groups is 1. The molecule has 3 aromatic rings. The lowest BCUT2D eigenvalue weighted by molar-refractivity contribution is -0.143. The van der Waals surface area contributed by atoms with Crippen molar-refractivity contribution in [3.63, 3.8) is 0 Å². The van der Waals surface area contributed by atoms with Crippen LogP contribution in [0.15, 0.2) is 35.5 Å². The van der Waals surface area contributed by atoms with Crippen LogP contribution in [0.1, 0.15) is 43.5 Å². The molecule has 11 heteroatoms. The van der Waals surface area contributed by atoms with Crippen molar-refractivity contribution in [3.8, 4) is 0 Å². The number of anilines is 1. The first-order valence-corrected chi connectivity index (χ1v) is 13.5. The van der Waals surface area contributed by atoms with Gasteiger partial charge in [-0.05, 0) is 44.4 Å². The summed E-state index contributed by atoms with van der Waals surface area (Å²) in [6.07, 6.45) is 4.07. The molecule has 0 bridgehead atoms. The van der Waals surface area contributed by atoms with Crippen LogP contribution in [0.5, 0.6) is 0 Å². The van der Waals surface area contributed by atoms with E-state index in [4.69, 9.17) is 4.74 Å². The molecule has 0 spiro atoms. The van der Waals surface area contributed by atoms with E-state index in [9.17, 15) is 13.2 Å². The van der Waals surface area contributed by atoms with E-state index in [-0.39, 0.29) is 12.4 Å². The lowest BCUT2D eigenvalue weighted by Crippen LogP contribution is -2.49. The van der Waals surface area contributed by atoms with E-state index >= 15 is 0 Å². The Morgan fingerprint density at radius 2 is 1.77 bits per heavy atom. The molecule has 0 aliphatic carbocycles. The number of esters is 1. The number of hydrogen-bond acceptors (Lipinski definition) is 8. The van der Waals surface area contributed by atoms with Crippen molar-refractivity contribution in [2.24, 2.45) is 0 Å². The van der Waals surface area contributed by atoms with E-state index in [1.54, 1.807) is 23.6 Å². The van der Waals surface area contributed by atoms with Gasteiger partial charge in [-0.2, -0.15) is 18.9 Å². The topological polar surface area (TPSA) is 110 Å². The lowest BCUT2D eigenvalue weighted by atomic mass is 10.1. The third-order valence-corrected chi connectivity index (χ3v) is 8.14. The van der Waals surface area contributed by atoms with Crippen molar-refractivity contribution in [1.82, 2.24) is 23.9 Å². The van der Waals surface area contributed by atoms with Gasteiger partial charge in [0.05, 0.1) is 11.5 Å². The standard InChI is InChI=1S/C24H32N6O4S/c1-4-6-19-7-9-20(10-8-19)35(32,33)29-15-13-28(14-16-29)23-21(11-12-22(31)34-5-2)18(3)27-24-25-17-26-30(23)24/h7-10,17H,4-6,11-16H2,1-3H3. The van der Waals surface area contributed by atoms with E-state index in [2.05, 4.69) is 26.9 Å². The smallest absolute Gasteiger partial charge is 0.306 e. The minimum absolute atomic E-state index is 0.228. The molecule has 35 heavy (non-hydrogen) atoms. The molecular formula is C24H32N6O4S. The number of aromatic nitrogens is 4. The molecular weight excluding hydrogens is 468 g/mol. The Bertz CT molecular complexity index is 1280. The zero-order valence-electron chi connectivity index (χ0n) is 20.5. The molecule has 1 fully saturated rings. The van der Waals surface area contributed by atoms with Gasteiger partial charge in [-0.3, -0.25) is 4.79 Å². The van der Waals surface area contributed by atoms with Gasteiger partial charge >= 0.3 is 5.97 Å². The zero-order valence-corrected chi connectivity index (χ0v) is 21.3. The number of piperazine rings is 1. The number of fused-ring (bicyclic) bond motifs is 1. The van der Waals surface area contributed by atoms with Gasteiger partial charge in [0.15, 0.2) is 0 Å². The number of carbonyl (C=O) groups excluding carboxylic acids is 1. The van der Waals surface area contributed by atoms with Crippen LogP contribution in [0.2, 0.25) is 0 Å². The average molecular weight is 501 g/mol. The van der Waals surface area contributed by atoms with Crippen molar-refractivity contribution in [2.75, 3.05) is 37.7 Å². The van der Waals surface area contributed by atoms with Crippen molar-refractivity contribution in [3.05, 3.63) is 47.4 Å². The summed E-state index contributed by atoms with van der Waals surface area (Å²) in [5.74, 6) is 1.01. The van der Waals surface area contributed by atoms with E-state index in [0.717, 1.165) is 35.5 Å². The summed E-state index contributed by atoms with van der Waals surface area (Å²) < 4.78 is 34.8. The Balaban J connectivity index is 1.55. The number of hydrogen-bond donors (Lipinski definition) is 0. The molecule has 1 aromatic carbocycles. The van der Waals surface area contributed by atoms with Crippen molar-refractivity contribution >= 4 is 27.6 Å². The van der Waals surface area contributed by atoms with Crippen molar-refractivity contribution in [1.29, 1.82) is 0 Å². The third-order valence-electron chi connectivity index (χ3n) is 6.23. The largest absolute Gasteiger partial charge is 0.466 e. The Kier molecular flexibility index (Phi) is 7.66. The van der Waals surface area contributed by atoms with E-state index in [1.807, 2.05) is 19.1 Å². The molecule has 3 heterocycles. The highest BCUT2D eigenvalue weighted by Crippen LogP contribution is 2.27. The van der Waals surface area contributed by atoms with Crippen molar-refractivity contribution in [2.45, 2.75) is 51.3 Å². The Labute approximate surface area is 206 Å². The van der Waals surface area contributed by atoms with Gasteiger partial charge < -0.3 is 9.64 Å². The molecule has 0 atom stereocenters. The van der Waals surface area contributed by atoms with Crippen LogP contribution in [0, 0.1) is 6.92 Å². The number of nitrogens with zero attached hydrogens (tertiary/aromatic N) is 6. The average Bonchev–Trinajstić information content (AvgIpc) is 3.31. The van der Waals surface area contributed by atoms with E-state index < -0.39 is 10.0 Å². The Morgan fingerprint density at radius 3 is 2.43 bits per heavy atom. The van der Waals surface area contributed by atoms with Crippen LogP contribution in [0.3, 0.4) is 0 Å². The van der Waals surface area contributed by atoms with Crippen LogP contribution in [-0.4, -0.2) is 71.1 Å². The second-order valence-corrected chi connectivity index (χ2v) is 10.5. The number of rotatable bonds is 9. The maximum Gasteiger partial charge on any atom is 0.306 e. The van der Waals surface area contributed by atoms with Gasteiger partial charge in [-0.25, -0.2) is 13.4 Å². The number of aryl methyl sites for hydroxylation is 2. The highest BCUT2D eigenvalue weighted by molar-refractivity contribution is 7.89. The summed E-state index contributed by atoms with van der Waals surface area (Å²) in [5.41, 5.74) is 2.79. The number of benzene rings is 1. The second kappa shape index (κ2) is 10.7. The summed E-state index contributed by atoms with van der Waals surface area (Å²) >= 11 is 0. The predicted molar refractivity (Wildman–Crippen MR) is 132 cm³/mol. The fourth-order valence-electron chi connectivity index (χ4n) is 4.45. The summed E-state index contributed by atoms with van der Waals surface area (Å²) in [7, 11) is -3.58. The lowest BCUT2D eigenvalue weighted by Gasteiger charge is -2.36. The van der Waals surface area contributed by atoms with E-state index in [0.29, 0.717) is 49.9 Å². The van der Waals surface area contributed by atoms with Crippen LogP contribution in [0.4, 0.5) is 5.82 Å². The fraction of sp³-hybridized carbons (Fsp3) is 0.500. The van der Waals surface area contributed by atoms with Gasteiger partial charge in [0.1, 0.15) is 12.1 Å². The quantitative estimate of drug-likeness (QED) is 0.412. The maximum absolute atomic E-state index is 13.2. The molecule has 10 nitrogen and oxygen atoms in total. The molecule has 0 N–H and O–H groups in total. The molecule has 1 aliphatic heterocycles. The summed E-state index contributed by atoms with van der Waals surface area (Å²) in [4.78, 5) is 23.2. The minimum Gasteiger partial charge on any atom is -0.466 e. The van der Waals surface area contributed by atoms with Gasteiger partial charge in [-0.1, -0.05) is 25.5 Å². The molecule has 0 amide bonds. The first kappa shape index (κ1) is 25.1. The Morgan fingerprint density at radius 1 is 1.06 bits per heavy atom. The zero-order chi connectivity index (χ0) is 25.0. The molecule has 0 radical (unpaired) electrons. The fourth-order valence-corrected chi connectivity index (χ4v) is 5.87. The van der Waals surface area contributed by atoms with Gasteiger partial charge in [-0.15, -0.1) is 0 Å². The van der Waals surface area contributed by atoms with Crippen LogP contribution in [0.25, 0.3) is 5.78 Å². The maximum atomic E-state index is 13.2. The SMILES string of the molecule is CCCc1ccc(S(=O)(=O)N2CCN(c3c(CCC(=O)OCC)c(C)nc4ncnn34)CC2)cc1. The number of sulfonamides is 1. The normalized spacial score (nSPS) is 15.0. The second-order valence-electron chi connectivity index (χ2n) is 8.56. The van der Waals surface area contributed by atoms with Crippen LogP contribution >= 0.6 is 0 Å². The van der Waals surface area contributed by atoms with Gasteiger partial charge in [0, 0.05) is 43.9 Å². The summed E-state index contributed by atoms with van der Waals surface area (Å²) in [5, 5.41) is 4.35. The number of ether oxygens (including phenoxy) is 1. The third kappa shape index (κ3) is 5.30. The summed E-state index contributed by atoms with van der Waals surface area (Å²) in [6, 6.07) is 7.18. The molecule has 1 saturated heterocycles. The molecule has 0 saturated carbocycles. The molecule has 4 rings (SSSR count). The molecule has 0 unspecified atom stereocenters. The highest BCUT2D eigenvalue weighted by Gasteiger charge is 2.31. The molecule has 1 aliphatic rings. The van der Waals surface area contributed by atoms with Crippen molar-refractivity contribution < 1.29 is 17.9 Å². The molecule has 2 aromatic heterocycles. The van der Waals surface area contributed by atoms with Crippen LogP contribution < -0.4 is 4.90 Å². The first-order valence-electron chi connectivity index (χ1n) is 12.0. The van der Waals surface area contributed by atoms with Gasteiger partial charge in [0.2, 0.25) is 10.0 Å². The first-order chi connectivity index (χ1) is 16.8. The summed E-state index contributed by atoms with van der Waals surface area (Å²) in [6.45, 7) is 7.76. The predicted octanol–water partition coefficient (Wildman–Crippen LogP) is 2.39. The minimum atomic E-state index is -3.58. The van der Waals surface area contributed by atoms with Crippen LogP contribution in [-0.2, 0) is 32.4 Å². The van der Waals surface area contributed by atoms with Gasteiger partial charge in [0.25, 0.3) is 5.78 Å².